The standard InChI is InChI=1S/C12H11BrFIN2O/c1-2-17-11(9(13)6-16-17)12(18)8-4-3-7(14)5-10(8)15/h3-6,12,18H,2H2,1H3. The highest BCUT2D eigenvalue weighted by molar-refractivity contribution is 14.1. The lowest BCUT2D eigenvalue weighted by Crippen LogP contribution is -2.11. The zero-order valence-corrected chi connectivity index (χ0v) is 13.3. The Balaban J connectivity index is 2.47. The van der Waals surface area contributed by atoms with Crippen LogP contribution >= 0.6 is 38.5 Å². The van der Waals surface area contributed by atoms with Crippen LogP contribution in [0.25, 0.3) is 0 Å². The summed E-state index contributed by atoms with van der Waals surface area (Å²) in [6.07, 6.45) is 0.827. The van der Waals surface area contributed by atoms with Crippen molar-refractivity contribution in [3.63, 3.8) is 0 Å². The second-order valence-electron chi connectivity index (χ2n) is 3.76. The summed E-state index contributed by atoms with van der Waals surface area (Å²) in [5.41, 5.74) is 1.36. The van der Waals surface area contributed by atoms with Crippen molar-refractivity contribution in [1.29, 1.82) is 0 Å². The van der Waals surface area contributed by atoms with E-state index in [9.17, 15) is 9.50 Å². The molecule has 1 unspecified atom stereocenters. The number of hydrogen-bond acceptors (Lipinski definition) is 2. The minimum absolute atomic E-state index is 0.307. The van der Waals surface area contributed by atoms with Crippen LogP contribution < -0.4 is 0 Å². The van der Waals surface area contributed by atoms with Gasteiger partial charge in [0.05, 0.1) is 16.4 Å². The number of nitrogens with zero attached hydrogens (tertiary/aromatic N) is 2. The summed E-state index contributed by atoms with van der Waals surface area (Å²) in [6.45, 7) is 2.61. The van der Waals surface area contributed by atoms with E-state index in [-0.39, 0.29) is 5.82 Å². The second-order valence-corrected chi connectivity index (χ2v) is 5.78. The molecular weight excluding hydrogens is 414 g/mol. The molecule has 0 aliphatic carbocycles. The summed E-state index contributed by atoms with van der Waals surface area (Å²) in [5.74, 6) is -0.307. The van der Waals surface area contributed by atoms with Gasteiger partial charge in [0.1, 0.15) is 11.9 Å². The van der Waals surface area contributed by atoms with Crippen LogP contribution in [0.15, 0.2) is 28.9 Å². The third-order valence-corrected chi connectivity index (χ3v) is 4.19. The molecule has 0 aliphatic heterocycles. The first kappa shape index (κ1) is 14.0. The molecule has 0 fully saturated rings. The van der Waals surface area contributed by atoms with Crippen molar-refractivity contribution in [1.82, 2.24) is 9.78 Å². The second kappa shape index (κ2) is 5.66. The smallest absolute Gasteiger partial charge is 0.124 e. The highest BCUT2D eigenvalue weighted by atomic mass is 127. The molecule has 3 nitrogen and oxygen atoms in total. The molecule has 2 aromatic rings. The molecule has 0 amide bonds. The molecule has 18 heavy (non-hydrogen) atoms. The van der Waals surface area contributed by atoms with E-state index in [2.05, 4.69) is 21.0 Å². The fourth-order valence-corrected chi connectivity index (χ4v) is 3.05. The van der Waals surface area contributed by atoms with Gasteiger partial charge in [-0.25, -0.2) is 4.39 Å². The maximum absolute atomic E-state index is 13.1. The van der Waals surface area contributed by atoms with Gasteiger partial charge in [-0.1, -0.05) is 6.07 Å². The van der Waals surface area contributed by atoms with Crippen LogP contribution in [0, 0.1) is 9.39 Å². The Hall–Kier alpha value is -0.470. The number of aliphatic hydroxyl groups is 1. The summed E-state index contributed by atoms with van der Waals surface area (Å²) in [7, 11) is 0. The van der Waals surface area contributed by atoms with E-state index in [1.165, 1.54) is 12.1 Å². The van der Waals surface area contributed by atoms with Crippen molar-refractivity contribution in [2.45, 2.75) is 19.6 Å². The van der Waals surface area contributed by atoms with Crippen molar-refractivity contribution >= 4 is 38.5 Å². The molecule has 0 aliphatic rings. The van der Waals surface area contributed by atoms with Crippen LogP contribution in [0.3, 0.4) is 0 Å². The largest absolute Gasteiger partial charge is 0.382 e. The summed E-state index contributed by atoms with van der Waals surface area (Å²) in [6, 6.07) is 4.35. The minimum Gasteiger partial charge on any atom is -0.382 e. The topological polar surface area (TPSA) is 38.0 Å². The van der Waals surface area contributed by atoms with Crippen molar-refractivity contribution in [2.75, 3.05) is 0 Å². The Morgan fingerprint density at radius 2 is 2.28 bits per heavy atom. The van der Waals surface area contributed by atoms with Crippen molar-refractivity contribution in [2.24, 2.45) is 0 Å². The molecule has 6 heteroatoms. The van der Waals surface area contributed by atoms with Gasteiger partial charge < -0.3 is 5.11 Å². The SMILES string of the molecule is CCn1ncc(Br)c1C(O)c1ccc(F)cc1I. The first-order valence-electron chi connectivity index (χ1n) is 5.38. The quantitative estimate of drug-likeness (QED) is 0.766. The number of hydrogen-bond donors (Lipinski definition) is 1. The maximum atomic E-state index is 13.1. The van der Waals surface area contributed by atoms with Gasteiger partial charge in [-0.05, 0) is 57.6 Å². The molecule has 0 bridgehead atoms. The number of rotatable bonds is 3. The highest BCUT2D eigenvalue weighted by Crippen LogP contribution is 2.31. The minimum atomic E-state index is -0.825. The number of aliphatic hydroxyl groups excluding tert-OH is 1. The van der Waals surface area contributed by atoms with Gasteiger partial charge in [-0.2, -0.15) is 5.10 Å². The lowest BCUT2D eigenvalue weighted by Gasteiger charge is -2.15. The molecule has 1 atom stereocenters. The zero-order valence-electron chi connectivity index (χ0n) is 9.57. The van der Waals surface area contributed by atoms with Crippen LogP contribution in [-0.4, -0.2) is 14.9 Å². The molecule has 0 radical (unpaired) electrons. The lowest BCUT2D eigenvalue weighted by atomic mass is 10.1. The van der Waals surface area contributed by atoms with Gasteiger partial charge in [0.15, 0.2) is 0 Å². The average molecular weight is 425 g/mol. The van der Waals surface area contributed by atoms with Crippen molar-refractivity contribution in [3.8, 4) is 0 Å². The molecule has 1 aromatic heterocycles. The van der Waals surface area contributed by atoms with E-state index in [4.69, 9.17) is 0 Å². The Bertz CT molecular complexity index is 573. The fourth-order valence-electron chi connectivity index (χ4n) is 1.77. The molecule has 1 aromatic carbocycles. The summed E-state index contributed by atoms with van der Waals surface area (Å²) in [5, 5.41) is 14.6. The van der Waals surface area contributed by atoms with Gasteiger partial charge in [0, 0.05) is 15.7 Å². The number of benzene rings is 1. The molecule has 0 saturated heterocycles. The summed E-state index contributed by atoms with van der Waals surface area (Å²) >= 11 is 5.39. The van der Waals surface area contributed by atoms with Gasteiger partial charge in [-0.3, -0.25) is 4.68 Å². The van der Waals surface area contributed by atoms with Crippen molar-refractivity contribution in [3.05, 3.63) is 49.5 Å². The predicted molar refractivity (Wildman–Crippen MR) is 78.8 cm³/mol. The van der Waals surface area contributed by atoms with Gasteiger partial charge in [-0.15, -0.1) is 0 Å². The van der Waals surface area contributed by atoms with E-state index >= 15 is 0 Å². The zero-order chi connectivity index (χ0) is 13.3. The first-order valence-corrected chi connectivity index (χ1v) is 7.26. The van der Waals surface area contributed by atoms with E-state index in [0.29, 0.717) is 21.4 Å². The average Bonchev–Trinajstić information content (AvgIpc) is 2.69. The third-order valence-electron chi connectivity index (χ3n) is 2.65. The Morgan fingerprint density at radius 1 is 1.56 bits per heavy atom. The van der Waals surface area contributed by atoms with E-state index in [1.54, 1.807) is 16.9 Å². The van der Waals surface area contributed by atoms with Crippen LogP contribution in [0.5, 0.6) is 0 Å². The monoisotopic (exact) mass is 424 g/mol. The molecule has 0 saturated carbocycles. The first-order chi connectivity index (χ1) is 8.54. The Kier molecular flexibility index (Phi) is 4.39. The molecule has 0 spiro atoms. The maximum Gasteiger partial charge on any atom is 0.124 e. The highest BCUT2D eigenvalue weighted by Gasteiger charge is 2.21. The molecule has 2 rings (SSSR count). The lowest BCUT2D eigenvalue weighted by molar-refractivity contribution is 0.206. The van der Waals surface area contributed by atoms with Gasteiger partial charge in [0.25, 0.3) is 0 Å². The van der Waals surface area contributed by atoms with Crippen LogP contribution in [0.4, 0.5) is 4.39 Å². The predicted octanol–water partition coefficient (Wildman–Crippen LogP) is 3.49. The van der Waals surface area contributed by atoms with Crippen molar-refractivity contribution < 1.29 is 9.50 Å². The number of aryl methyl sites for hydroxylation is 1. The normalized spacial score (nSPS) is 12.7. The van der Waals surface area contributed by atoms with E-state index < -0.39 is 6.10 Å². The summed E-state index contributed by atoms with van der Waals surface area (Å²) < 4.78 is 16.2. The Morgan fingerprint density at radius 3 is 2.89 bits per heavy atom. The molecule has 1 heterocycles. The van der Waals surface area contributed by atoms with Crippen LogP contribution in [0.2, 0.25) is 0 Å². The Labute approximate surface area is 126 Å². The fraction of sp³-hybridized carbons (Fsp3) is 0.250. The number of aromatic nitrogens is 2. The van der Waals surface area contributed by atoms with Crippen LogP contribution in [0.1, 0.15) is 24.3 Å². The molecule has 96 valence electrons. The van der Waals surface area contributed by atoms with Gasteiger partial charge >= 0.3 is 0 Å². The molecule has 1 N–H and O–H groups in total. The van der Waals surface area contributed by atoms with E-state index in [1.807, 2.05) is 29.5 Å². The summed E-state index contributed by atoms with van der Waals surface area (Å²) in [4.78, 5) is 0. The number of halogens is 3. The molecular formula is C12H11BrFIN2O. The third kappa shape index (κ3) is 2.60. The van der Waals surface area contributed by atoms with Crippen LogP contribution in [-0.2, 0) is 6.54 Å². The van der Waals surface area contributed by atoms with Gasteiger partial charge in [0.2, 0.25) is 0 Å². The van der Waals surface area contributed by atoms with E-state index in [0.717, 1.165) is 4.47 Å².